The van der Waals surface area contributed by atoms with Crippen LogP contribution in [0.25, 0.3) is 0 Å². The average molecular weight is 300 g/mol. The summed E-state index contributed by atoms with van der Waals surface area (Å²) in [4.78, 5) is 48.8. The Balaban J connectivity index is 3.17. The molecule has 21 heavy (non-hydrogen) atoms. The van der Waals surface area contributed by atoms with Crippen molar-refractivity contribution in [3.8, 4) is 0 Å². The molecule has 0 saturated carbocycles. The predicted octanol–water partition coefficient (Wildman–Crippen LogP) is 0.759. The van der Waals surface area contributed by atoms with Crippen molar-refractivity contribution >= 4 is 23.9 Å². The van der Waals surface area contributed by atoms with Crippen LogP contribution in [0.1, 0.15) is 39.5 Å². The van der Waals surface area contributed by atoms with Gasteiger partial charge in [0.1, 0.15) is 5.54 Å². The first-order chi connectivity index (χ1) is 9.80. The molecule has 8 heteroatoms. The topological polar surface area (TPSA) is 115 Å². The lowest BCUT2D eigenvalue weighted by Gasteiger charge is -2.34. The van der Waals surface area contributed by atoms with E-state index in [1.807, 2.05) is 0 Å². The molecule has 1 fully saturated rings. The number of hydrogen-bond acceptors (Lipinski definition) is 4. The molecule has 1 saturated heterocycles. The fourth-order valence-corrected chi connectivity index (χ4v) is 2.74. The molecule has 2 N–H and O–H groups in total. The number of aliphatic carboxylic acids is 2. The van der Waals surface area contributed by atoms with Crippen molar-refractivity contribution in [3.63, 3.8) is 0 Å². The summed E-state index contributed by atoms with van der Waals surface area (Å²) in [7, 11) is 0. The van der Waals surface area contributed by atoms with Gasteiger partial charge >= 0.3 is 18.0 Å². The van der Waals surface area contributed by atoms with Gasteiger partial charge in [-0.3, -0.25) is 19.3 Å². The number of urea groups is 1. The summed E-state index contributed by atoms with van der Waals surface area (Å²) in [6, 6.07) is -0.485. The number of likely N-dealkylation sites (N-methyl/N-ethyl adjacent to an activating group) is 2. The Kier molecular flexibility index (Phi) is 5.28. The molecule has 3 amide bonds. The van der Waals surface area contributed by atoms with Crippen molar-refractivity contribution in [1.82, 2.24) is 9.80 Å². The molecular weight excluding hydrogens is 280 g/mol. The fourth-order valence-electron chi connectivity index (χ4n) is 2.74. The molecule has 0 bridgehead atoms. The second kappa shape index (κ2) is 6.55. The summed E-state index contributed by atoms with van der Waals surface area (Å²) in [5.41, 5.74) is -1.36. The van der Waals surface area contributed by atoms with Gasteiger partial charge in [-0.2, -0.15) is 0 Å². The van der Waals surface area contributed by atoms with Gasteiger partial charge in [0.15, 0.2) is 0 Å². The molecule has 0 aliphatic carbocycles. The third-order valence-electron chi connectivity index (χ3n) is 3.76. The SMILES string of the molecule is CCN1C(=O)N(CC)C(CCC(=O)O)(CCC(=O)O)C1=O. The van der Waals surface area contributed by atoms with Gasteiger partial charge in [-0.25, -0.2) is 4.79 Å². The monoisotopic (exact) mass is 300 g/mol. The fraction of sp³-hybridized carbons (Fsp3) is 0.692. The smallest absolute Gasteiger partial charge is 0.327 e. The van der Waals surface area contributed by atoms with Crippen LogP contribution in [-0.2, 0) is 14.4 Å². The second-order valence-electron chi connectivity index (χ2n) is 4.90. The molecular formula is C13H20N2O6. The molecule has 118 valence electrons. The maximum Gasteiger partial charge on any atom is 0.327 e. The van der Waals surface area contributed by atoms with Crippen LogP contribution in [0.2, 0.25) is 0 Å². The van der Waals surface area contributed by atoms with Crippen LogP contribution in [0.3, 0.4) is 0 Å². The number of amides is 3. The van der Waals surface area contributed by atoms with E-state index in [4.69, 9.17) is 10.2 Å². The molecule has 0 spiro atoms. The van der Waals surface area contributed by atoms with Crippen molar-refractivity contribution in [2.75, 3.05) is 13.1 Å². The Morgan fingerprint density at radius 2 is 1.48 bits per heavy atom. The molecule has 1 aliphatic rings. The number of imide groups is 1. The van der Waals surface area contributed by atoms with E-state index >= 15 is 0 Å². The Bertz CT molecular complexity index is 444. The third kappa shape index (κ3) is 3.14. The van der Waals surface area contributed by atoms with Crippen LogP contribution < -0.4 is 0 Å². The zero-order valence-electron chi connectivity index (χ0n) is 12.2. The number of nitrogens with zero attached hydrogens (tertiary/aromatic N) is 2. The van der Waals surface area contributed by atoms with E-state index in [1.54, 1.807) is 13.8 Å². The molecule has 0 aromatic heterocycles. The quantitative estimate of drug-likeness (QED) is 0.639. The first-order valence-electron chi connectivity index (χ1n) is 6.87. The van der Waals surface area contributed by atoms with E-state index in [0.717, 1.165) is 4.90 Å². The van der Waals surface area contributed by atoms with Gasteiger partial charge < -0.3 is 15.1 Å². The van der Waals surface area contributed by atoms with Crippen molar-refractivity contribution < 1.29 is 29.4 Å². The van der Waals surface area contributed by atoms with E-state index < -0.39 is 29.4 Å². The highest BCUT2D eigenvalue weighted by Gasteiger charge is 2.55. The number of rotatable bonds is 8. The highest BCUT2D eigenvalue weighted by molar-refractivity contribution is 6.07. The predicted molar refractivity (Wildman–Crippen MR) is 71.6 cm³/mol. The van der Waals surface area contributed by atoms with Gasteiger partial charge in [-0.05, 0) is 26.7 Å². The average Bonchev–Trinajstić information content (AvgIpc) is 2.61. The van der Waals surface area contributed by atoms with Crippen LogP contribution in [-0.4, -0.2) is 62.5 Å². The summed E-state index contributed by atoms with van der Waals surface area (Å²) in [6.07, 6.45) is -0.756. The molecule has 0 unspecified atom stereocenters. The minimum absolute atomic E-state index is 0.0788. The first-order valence-corrected chi connectivity index (χ1v) is 6.87. The lowest BCUT2D eigenvalue weighted by Crippen LogP contribution is -2.50. The van der Waals surface area contributed by atoms with Crippen molar-refractivity contribution in [2.45, 2.75) is 45.1 Å². The van der Waals surface area contributed by atoms with Crippen LogP contribution in [0.5, 0.6) is 0 Å². The number of carbonyl (C=O) groups excluding carboxylic acids is 2. The highest BCUT2D eigenvalue weighted by atomic mass is 16.4. The third-order valence-corrected chi connectivity index (χ3v) is 3.76. The van der Waals surface area contributed by atoms with Gasteiger partial charge in [0.05, 0.1) is 0 Å². The standard InChI is InChI=1S/C13H20N2O6/c1-3-14-11(20)13(7-5-9(16)17,8-6-10(18)19)15(4-2)12(14)21/h3-8H2,1-2H3,(H,16,17)(H,18,19). The Morgan fingerprint density at radius 3 is 1.81 bits per heavy atom. The summed E-state index contributed by atoms with van der Waals surface area (Å²) < 4.78 is 0. The lowest BCUT2D eigenvalue weighted by atomic mass is 9.86. The zero-order chi connectivity index (χ0) is 16.2. The normalized spacial score (nSPS) is 17.4. The molecule has 0 atom stereocenters. The number of carboxylic acid groups (broad SMARTS) is 2. The summed E-state index contributed by atoms with van der Waals surface area (Å²) in [5, 5.41) is 17.7. The van der Waals surface area contributed by atoms with Crippen LogP contribution in [0.4, 0.5) is 4.79 Å². The van der Waals surface area contributed by atoms with Crippen molar-refractivity contribution in [2.24, 2.45) is 0 Å². The van der Waals surface area contributed by atoms with Gasteiger partial charge in [0.25, 0.3) is 5.91 Å². The lowest BCUT2D eigenvalue weighted by molar-refractivity contribution is -0.140. The zero-order valence-corrected chi connectivity index (χ0v) is 12.2. The van der Waals surface area contributed by atoms with Crippen molar-refractivity contribution in [1.29, 1.82) is 0 Å². The second-order valence-corrected chi connectivity index (χ2v) is 4.90. The summed E-state index contributed by atoms with van der Waals surface area (Å²) in [5.74, 6) is -2.67. The molecule has 1 heterocycles. The van der Waals surface area contributed by atoms with E-state index in [9.17, 15) is 19.2 Å². The molecule has 0 radical (unpaired) electrons. The Hall–Kier alpha value is -2.12. The first kappa shape index (κ1) is 16.9. The Labute approximate surface area is 122 Å². The van der Waals surface area contributed by atoms with Crippen LogP contribution >= 0.6 is 0 Å². The number of carbonyl (C=O) groups is 4. The number of hydrogen-bond donors (Lipinski definition) is 2. The Morgan fingerprint density at radius 1 is 1.00 bits per heavy atom. The molecule has 8 nitrogen and oxygen atoms in total. The van der Waals surface area contributed by atoms with Gasteiger partial charge in [-0.15, -0.1) is 0 Å². The minimum atomic E-state index is -1.36. The van der Waals surface area contributed by atoms with E-state index in [2.05, 4.69) is 0 Å². The molecule has 0 aromatic rings. The highest BCUT2D eigenvalue weighted by Crippen LogP contribution is 2.36. The maximum absolute atomic E-state index is 12.5. The minimum Gasteiger partial charge on any atom is -0.481 e. The summed E-state index contributed by atoms with van der Waals surface area (Å²) >= 11 is 0. The van der Waals surface area contributed by atoms with E-state index in [-0.39, 0.29) is 38.8 Å². The van der Waals surface area contributed by atoms with Gasteiger partial charge in [0.2, 0.25) is 0 Å². The van der Waals surface area contributed by atoms with Crippen LogP contribution in [0.15, 0.2) is 0 Å². The molecule has 1 rings (SSSR count). The van der Waals surface area contributed by atoms with Gasteiger partial charge in [-0.1, -0.05) is 0 Å². The van der Waals surface area contributed by atoms with Gasteiger partial charge in [0, 0.05) is 25.9 Å². The molecule has 0 aromatic carbocycles. The maximum atomic E-state index is 12.5. The van der Waals surface area contributed by atoms with E-state index in [0.29, 0.717) is 0 Å². The number of carboxylic acids is 2. The largest absolute Gasteiger partial charge is 0.481 e. The van der Waals surface area contributed by atoms with E-state index in [1.165, 1.54) is 4.90 Å². The molecule has 1 aliphatic heterocycles. The van der Waals surface area contributed by atoms with Crippen LogP contribution in [0, 0.1) is 0 Å². The summed E-state index contributed by atoms with van der Waals surface area (Å²) in [6.45, 7) is 3.73. The van der Waals surface area contributed by atoms with Crippen molar-refractivity contribution in [3.05, 3.63) is 0 Å².